The van der Waals surface area contributed by atoms with E-state index in [2.05, 4.69) is 0 Å². The van der Waals surface area contributed by atoms with Gasteiger partial charge in [-0.15, -0.1) is 11.3 Å². The molecule has 0 saturated heterocycles. The molecule has 1 aromatic rings. The number of aliphatic carboxylic acids is 1. The first kappa shape index (κ1) is 14.1. The Kier molecular flexibility index (Phi) is 3.21. The van der Waals surface area contributed by atoms with E-state index in [0.29, 0.717) is 17.2 Å². The Morgan fingerprint density at radius 3 is 2.55 bits per heavy atom. The first-order valence-corrected chi connectivity index (χ1v) is 9.65. The smallest absolute Gasteiger partial charge is 0.315 e. The normalized spacial score (nSPS) is 30.6. The molecular formula is C14H18O4S2. The molecule has 0 bridgehead atoms. The summed E-state index contributed by atoms with van der Waals surface area (Å²) in [4.78, 5) is 12.7. The van der Waals surface area contributed by atoms with Crippen molar-refractivity contribution in [2.75, 3.05) is 6.26 Å². The van der Waals surface area contributed by atoms with Gasteiger partial charge in [-0.25, -0.2) is 8.42 Å². The van der Waals surface area contributed by atoms with Gasteiger partial charge in [0.1, 0.15) is 5.41 Å². The van der Waals surface area contributed by atoms with Crippen LogP contribution in [-0.2, 0) is 20.0 Å². The number of carbonyl (C=O) groups is 1. The predicted octanol–water partition coefficient (Wildman–Crippen LogP) is 2.68. The first-order valence-electron chi connectivity index (χ1n) is 6.88. The highest BCUT2D eigenvalue weighted by Gasteiger charge is 2.64. The summed E-state index contributed by atoms with van der Waals surface area (Å²) >= 11 is 1.28. The van der Waals surface area contributed by atoms with E-state index in [-0.39, 0.29) is 10.8 Å². The van der Waals surface area contributed by atoms with Crippen molar-refractivity contribution in [2.45, 2.75) is 42.4 Å². The summed E-state index contributed by atoms with van der Waals surface area (Å²) in [6.07, 6.45) is 6.43. The van der Waals surface area contributed by atoms with Crippen LogP contribution in [0.3, 0.4) is 0 Å². The monoisotopic (exact) mass is 314 g/mol. The lowest BCUT2D eigenvalue weighted by Gasteiger charge is -2.14. The highest BCUT2D eigenvalue weighted by atomic mass is 32.2. The Bertz CT molecular complexity index is 640. The third-order valence-electron chi connectivity index (χ3n) is 4.81. The molecule has 2 unspecified atom stereocenters. The zero-order valence-electron chi connectivity index (χ0n) is 11.3. The molecule has 20 heavy (non-hydrogen) atoms. The standard InChI is InChI=1S/C14H18O4S2/c1-20(17,18)10-6-12(19-8-10)14(13(15)16)7-11(14)9-4-2-3-5-9/h6,8-9,11H,2-5,7H2,1H3,(H,15,16). The Balaban J connectivity index is 1.93. The molecule has 2 aliphatic rings. The molecule has 1 N–H and O–H groups in total. The minimum absolute atomic E-state index is 0.188. The lowest BCUT2D eigenvalue weighted by Crippen LogP contribution is -2.23. The third-order valence-corrected chi connectivity index (χ3v) is 7.16. The molecule has 4 nitrogen and oxygen atoms in total. The molecule has 2 fully saturated rings. The Morgan fingerprint density at radius 2 is 2.05 bits per heavy atom. The summed E-state index contributed by atoms with van der Waals surface area (Å²) in [5.41, 5.74) is -0.817. The molecule has 1 heterocycles. The molecule has 2 saturated carbocycles. The van der Waals surface area contributed by atoms with Gasteiger partial charge in [-0.2, -0.15) is 0 Å². The van der Waals surface area contributed by atoms with Gasteiger partial charge >= 0.3 is 5.97 Å². The zero-order valence-corrected chi connectivity index (χ0v) is 13.0. The quantitative estimate of drug-likeness (QED) is 0.927. The molecule has 2 aliphatic carbocycles. The van der Waals surface area contributed by atoms with E-state index in [9.17, 15) is 18.3 Å². The van der Waals surface area contributed by atoms with Gasteiger partial charge in [0.05, 0.1) is 4.90 Å². The van der Waals surface area contributed by atoms with Crippen molar-refractivity contribution in [2.24, 2.45) is 11.8 Å². The van der Waals surface area contributed by atoms with Crippen molar-refractivity contribution in [3.8, 4) is 0 Å². The molecule has 3 rings (SSSR count). The maximum absolute atomic E-state index is 11.8. The third kappa shape index (κ3) is 2.09. The Labute approximate surface area is 122 Å². The van der Waals surface area contributed by atoms with Crippen LogP contribution in [0.15, 0.2) is 16.3 Å². The summed E-state index contributed by atoms with van der Waals surface area (Å²) < 4.78 is 23.1. The number of thiophene rings is 1. The topological polar surface area (TPSA) is 71.4 Å². The minimum atomic E-state index is -3.26. The van der Waals surface area contributed by atoms with Crippen molar-refractivity contribution < 1.29 is 18.3 Å². The van der Waals surface area contributed by atoms with Gasteiger partial charge in [0.2, 0.25) is 0 Å². The molecule has 0 aliphatic heterocycles. The minimum Gasteiger partial charge on any atom is -0.481 e. The van der Waals surface area contributed by atoms with Crippen LogP contribution in [0.25, 0.3) is 0 Å². The van der Waals surface area contributed by atoms with E-state index in [1.807, 2.05) is 0 Å². The van der Waals surface area contributed by atoms with Crippen LogP contribution < -0.4 is 0 Å². The van der Waals surface area contributed by atoms with E-state index in [0.717, 1.165) is 19.1 Å². The second-order valence-corrected chi connectivity index (χ2v) is 8.98. The number of hydrogen-bond donors (Lipinski definition) is 1. The lowest BCUT2D eigenvalue weighted by atomic mass is 9.92. The fourth-order valence-electron chi connectivity index (χ4n) is 3.60. The van der Waals surface area contributed by atoms with E-state index in [1.165, 1.54) is 24.2 Å². The summed E-state index contributed by atoms with van der Waals surface area (Å²) in [5.74, 6) is -0.111. The number of rotatable bonds is 4. The molecule has 6 heteroatoms. The summed E-state index contributed by atoms with van der Waals surface area (Å²) in [5, 5.41) is 11.2. The fraction of sp³-hybridized carbons (Fsp3) is 0.643. The van der Waals surface area contributed by atoms with Crippen molar-refractivity contribution in [1.29, 1.82) is 0 Å². The van der Waals surface area contributed by atoms with Gasteiger partial charge in [0, 0.05) is 16.5 Å². The van der Waals surface area contributed by atoms with Crippen molar-refractivity contribution >= 4 is 27.1 Å². The van der Waals surface area contributed by atoms with E-state index in [4.69, 9.17) is 0 Å². The predicted molar refractivity (Wildman–Crippen MR) is 76.8 cm³/mol. The second kappa shape index (κ2) is 4.56. The van der Waals surface area contributed by atoms with E-state index < -0.39 is 21.2 Å². The van der Waals surface area contributed by atoms with Crippen LogP contribution in [0.4, 0.5) is 0 Å². The van der Waals surface area contributed by atoms with Crippen molar-refractivity contribution in [1.82, 2.24) is 0 Å². The van der Waals surface area contributed by atoms with Gasteiger partial charge in [-0.1, -0.05) is 25.7 Å². The highest BCUT2D eigenvalue weighted by molar-refractivity contribution is 7.90. The maximum Gasteiger partial charge on any atom is 0.315 e. The second-order valence-electron chi connectivity index (χ2n) is 6.05. The number of sulfone groups is 1. The Hall–Kier alpha value is -0.880. The van der Waals surface area contributed by atoms with Crippen LogP contribution >= 0.6 is 11.3 Å². The van der Waals surface area contributed by atoms with Gasteiger partial charge in [0.25, 0.3) is 0 Å². The van der Waals surface area contributed by atoms with Crippen molar-refractivity contribution in [3.63, 3.8) is 0 Å². The largest absolute Gasteiger partial charge is 0.481 e. The SMILES string of the molecule is CS(=O)(=O)c1csc(C2(C(=O)O)CC2C2CCCC2)c1. The van der Waals surface area contributed by atoms with E-state index >= 15 is 0 Å². The number of hydrogen-bond acceptors (Lipinski definition) is 4. The van der Waals surface area contributed by atoms with Crippen LogP contribution in [0.1, 0.15) is 37.0 Å². The van der Waals surface area contributed by atoms with Gasteiger partial charge in [-0.3, -0.25) is 4.79 Å². The zero-order chi connectivity index (χ0) is 14.5. The first-order chi connectivity index (χ1) is 9.35. The molecule has 2 atom stereocenters. The number of carboxylic acids is 1. The summed E-state index contributed by atoms with van der Waals surface area (Å²) in [7, 11) is -3.26. The molecule has 1 aromatic heterocycles. The summed E-state index contributed by atoms with van der Waals surface area (Å²) in [6.45, 7) is 0. The number of carboxylic acid groups (broad SMARTS) is 1. The average Bonchev–Trinajstić information content (AvgIpc) is 2.82. The molecule has 0 radical (unpaired) electrons. The fourth-order valence-corrected chi connectivity index (χ4v) is 5.89. The van der Waals surface area contributed by atoms with Gasteiger partial charge in [-0.05, 0) is 24.3 Å². The molecule has 0 spiro atoms. The van der Waals surface area contributed by atoms with E-state index in [1.54, 1.807) is 11.4 Å². The molecule has 110 valence electrons. The maximum atomic E-state index is 11.8. The Morgan fingerprint density at radius 1 is 1.40 bits per heavy atom. The highest BCUT2D eigenvalue weighted by Crippen LogP contribution is 2.62. The summed E-state index contributed by atoms with van der Waals surface area (Å²) in [6, 6.07) is 1.57. The van der Waals surface area contributed by atoms with Crippen LogP contribution in [0.5, 0.6) is 0 Å². The van der Waals surface area contributed by atoms with Crippen LogP contribution in [0.2, 0.25) is 0 Å². The molecule has 0 aromatic carbocycles. The molecule has 0 amide bonds. The van der Waals surface area contributed by atoms with Gasteiger partial charge in [0.15, 0.2) is 9.84 Å². The van der Waals surface area contributed by atoms with Crippen molar-refractivity contribution in [3.05, 3.63) is 16.3 Å². The van der Waals surface area contributed by atoms with Crippen LogP contribution in [-0.4, -0.2) is 25.7 Å². The average molecular weight is 314 g/mol. The molecular weight excluding hydrogens is 296 g/mol. The lowest BCUT2D eigenvalue weighted by molar-refractivity contribution is -0.140. The van der Waals surface area contributed by atoms with Gasteiger partial charge < -0.3 is 5.11 Å². The van der Waals surface area contributed by atoms with Crippen LogP contribution in [0, 0.1) is 11.8 Å².